The second-order valence-electron chi connectivity index (χ2n) is 6.73. The van der Waals surface area contributed by atoms with E-state index in [1.54, 1.807) is 78.6 Å². The number of rotatable bonds is 6. The molecule has 2 aromatic carbocycles. The Morgan fingerprint density at radius 3 is 2.00 bits per heavy atom. The highest BCUT2D eigenvalue weighted by Crippen LogP contribution is 2.17. The number of benzene rings is 2. The Labute approximate surface area is 182 Å². The van der Waals surface area contributed by atoms with Crippen molar-refractivity contribution in [3.63, 3.8) is 0 Å². The van der Waals surface area contributed by atoms with Crippen LogP contribution in [0.2, 0.25) is 0 Å². The first-order valence-electron chi connectivity index (χ1n) is 9.39. The Morgan fingerprint density at radius 1 is 0.839 bits per heavy atom. The first-order chi connectivity index (χ1) is 15.0. The number of amides is 2. The maximum Gasteiger partial charge on any atom is 0.265 e. The quantitative estimate of drug-likeness (QED) is 0.448. The van der Waals surface area contributed by atoms with Crippen LogP contribution >= 0.6 is 11.3 Å². The van der Waals surface area contributed by atoms with E-state index < -0.39 is 0 Å². The molecule has 2 heterocycles. The van der Waals surface area contributed by atoms with Crippen LogP contribution in [0.5, 0.6) is 0 Å². The number of ketones is 1. The summed E-state index contributed by atoms with van der Waals surface area (Å²) in [6.45, 7) is 0. The summed E-state index contributed by atoms with van der Waals surface area (Å²) in [5, 5.41) is 7.43. The van der Waals surface area contributed by atoms with Gasteiger partial charge in [0, 0.05) is 41.9 Å². The predicted molar refractivity (Wildman–Crippen MR) is 120 cm³/mol. The Balaban J connectivity index is 1.38. The van der Waals surface area contributed by atoms with E-state index in [4.69, 9.17) is 0 Å². The normalized spacial score (nSPS) is 10.5. The van der Waals surface area contributed by atoms with Crippen molar-refractivity contribution in [2.24, 2.45) is 7.05 Å². The number of hydrogen-bond donors (Lipinski definition) is 2. The van der Waals surface area contributed by atoms with Gasteiger partial charge in [-0.05, 0) is 60.0 Å². The van der Waals surface area contributed by atoms with Gasteiger partial charge in [0.1, 0.15) is 0 Å². The molecule has 154 valence electrons. The molecule has 0 aliphatic carbocycles. The highest BCUT2D eigenvalue weighted by molar-refractivity contribution is 7.12. The smallest absolute Gasteiger partial charge is 0.265 e. The number of nitrogens with zero attached hydrogens (tertiary/aromatic N) is 2. The van der Waals surface area contributed by atoms with E-state index in [9.17, 15) is 14.4 Å². The van der Waals surface area contributed by atoms with Crippen molar-refractivity contribution in [3.8, 4) is 0 Å². The van der Waals surface area contributed by atoms with Crippen LogP contribution < -0.4 is 10.6 Å². The summed E-state index contributed by atoms with van der Waals surface area (Å²) < 4.78 is 1.66. The third-order valence-electron chi connectivity index (χ3n) is 4.58. The standard InChI is InChI=1S/C23H18N4O3S/c1-27-13-12-24-21(27)20(28)15-4-8-17(9-5-15)25-22(29)16-6-10-18(11-7-16)26-23(30)19-3-2-14-31-19/h2-14H,1H3,(H,25,29)(H,26,30). The fraction of sp³-hybridized carbons (Fsp3) is 0.0435. The summed E-state index contributed by atoms with van der Waals surface area (Å²) in [5.74, 6) is -0.319. The Morgan fingerprint density at radius 2 is 1.45 bits per heavy atom. The molecule has 0 saturated carbocycles. The van der Waals surface area contributed by atoms with Gasteiger partial charge in [-0.25, -0.2) is 4.98 Å². The Kier molecular flexibility index (Phi) is 5.72. The number of nitrogens with one attached hydrogen (secondary N) is 2. The third kappa shape index (κ3) is 4.59. The van der Waals surface area contributed by atoms with E-state index in [0.29, 0.717) is 33.2 Å². The first kappa shape index (κ1) is 20.2. The fourth-order valence-corrected chi connectivity index (χ4v) is 3.55. The van der Waals surface area contributed by atoms with Gasteiger partial charge in [0.25, 0.3) is 11.8 Å². The van der Waals surface area contributed by atoms with Crippen LogP contribution in [0.3, 0.4) is 0 Å². The number of aromatic nitrogens is 2. The summed E-state index contributed by atoms with van der Waals surface area (Å²) in [4.78, 5) is 41.7. The lowest BCUT2D eigenvalue weighted by atomic mass is 10.1. The molecule has 0 atom stereocenters. The van der Waals surface area contributed by atoms with Gasteiger partial charge in [-0.2, -0.15) is 0 Å². The molecule has 4 aromatic rings. The van der Waals surface area contributed by atoms with Gasteiger partial charge >= 0.3 is 0 Å². The molecule has 0 aliphatic heterocycles. The maximum absolute atomic E-state index is 12.5. The van der Waals surface area contributed by atoms with Crippen LogP contribution in [0.1, 0.15) is 36.2 Å². The van der Waals surface area contributed by atoms with Gasteiger partial charge in [-0.15, -0.1) is 11.3 Å². The minimum Gasteiger partial charge on any atom is -0.331 e. The summed E-state index contributed by atoms with van der Waals surface area (Å²) in [6.07, 6.45) is 3.28. The molecule has 0 spiro atoms. The number of hydrogen-bond acceptors (Lipinski definition) is 5. The number of aryl methyl sites for hydroxylation is 1. The zero-order valence-electron chi connectivity index (χ0n) is 16.5. The molecule has 8 heteroatoms. The van der Waals surface area contributed by atoms with E-state index >= 15 is 0 Å². The molecule has 0 aliphatic rings. The fourth-order valence-electron chi connectivity index (χ4n) is 2.93. The topological polar surface area (TPSA) is 93.1 Å². The van der Waals surface area contributed by atoms with Crippen LogP contribution in [-0.2, 0) is 7.05 Å². The van der Waals surface area contributed by atoms with Crippen molar-refractivity contribution in [2.75, 3.05) is 10.6 Å². The lowest BCUT2D eigenvalue weighted by molar-refractivity contribution is 0.102. The molecular formula is C23H18N4O3S. The van der Waals surface area contributed by atoms with Gasteiger partial charge in [-0.3, -0.25) is 14.4 Å². The SMILES string of the molecule is Cn1ccnc1C(=O)c1ccc(NC(=O)c2ccc(NC(=O)c3cccs3)cc2)cc1. The van der Waals surface area contributed by atoms with Crippen molar-refractivity contribution < 1.29 is 14.4 Å². The second-order valence-corrected chi connectivity index (χ2v) is 7.68. The van der Waals surface area contributed by atoms with Crippen LogP contribution in [0, 0.1) is 0 Å². The van der Waals surface area contributed by atoms with E-state index in [1.165, 1.54) is 11.3 Å². The van der Waals surface area contributed by atoms with E-state index in [-0.39, 0.29) is 17.6 Å². The molecule has 2 N–H and O–H groups in total. The first-order valence-corrected chi connectivity index (χ1v) is 10.3. The van der Waals surface area contributed by atoms with Gasteiger partial charge < -0.3 is 15.2 Å². The van der Waals surface area contributed by atoms with Crippen LogP contribution in [0.25, 0.3) is 0 Å². The van der Waals surface area contributed by atoms with E-state index in [1.807, 2.05) is 11.4 Å². The van der Waals surface area contributed by atoms with Crippen molar-refractivity contribution in [1.29, 1.82) is 0 Å². The number of thiophene rings is 1. The number of imidazole rings is 1. The molecule has 0 fully saturated rings. The zero-order chi connectivity index (χ0) is 21.8. The lowest BCUT2D eigenvalue weighted by Gasteiger charge is -2.08. The van der Waals surface area contributed by atoms with Gasteiger partial charge in [0.05, 0.1) is 4.88 Å². The summed E-state index contributed by atoms with van der Waals surface area (Å²) in [6, 6.07) is 16.8. The maximum atomic E-state index is 12.5. The van der Waals surface area contributed by atoms with E-state index in [0.717, 1.165) is 0 Å². The second kappa shape index (κ2) is 8.76. The molecule has 0 unspecified atom stereocenters. The Bertz CT molecular complexity index is 1230. The number of anilines is 2. The zero-order valence-corrected chi connectivity index (χ0v) is 17.3. The highest BCUT2D eigenvalue weighted by atomic mass is 32.1. The molecule has 2 amide bonds. The number of carbonyl (C=O) groups excluding carboxylic acids is 3. The van der Waals surface area contributed by atoms with Crippen LogP contribution in [0.4, 0.5) is 11.4 Å². The van der Waals surface area contributed by atoms with Crippen molar-refractivity contribution in [2.45, 2.75) is 0 Å². The summed E-state index contributed by atoms with van der Waals surface area (Å²) >= 11 is 1.36. The Hall–Kier alpha value is -4.04. The van der Waals surface area contributed by atoms with Gasteiger partial charge in [0.15, 0.2) is 5.82 Å². The molecule has 2 aromatic heterocycles. The third-order valence-corrected chi connectivity index (χ3v) is 5.45. The monoisotopic (exact) mass is 430 g/mol. The molecular weight excluding hydrogens is 412 g/mol. The summed E-state index contributed by atoms with van der Waals surface area (Å²) in [7, 11) is 1.76. The van der Waals surface area contributed by atoms with Gasteiger partial charge in [0.2, 0.25) is 5.78 Å². The van der Waals surface area contributed by atoms with Crippen molar-refractivity contribution >= 4 is 40.3 Å². The lowest BCUT2D eigenvalue weighted by Crippen LogP contribution is -2.13. The minimum atomic E-state index is -0.292. The van der Waals surface area contributed by atoms with Crippen LogP contribution in [0.15, 0.2) is 78.4 Å². The molecule has 0 radical (unpaired) electrons. The highest BCUT2D eigenvalue weighted by Gasteiger charge is 2.14. The average Bonchev–Trinajstić information content (AvgIpc) is 3.46. The molecule has 4 rings (SSSR count). The molecule has 7 nitrogen and oxygen atoms in total. The predicted octanol–water partition coefficient (Wildman–Crippen LogP) is 4.22. The largest absolute Gasteiger partial charge is 0.331 e. The number of carbonyl (C=O) groups is 3. The van der Waals surface area contributed by atoms with Crippen LogP contribution in [-0.4, -0.2) is 27.1 Å². The molecule has 31 heavy (non-hydrogen) atoms. The molecule has 0 bridgehead atoms. The van der Waals surface area contributed by atoms with Crippen molar-refractivity contribution in [3.05, 3.63) is 100 Å². The molecule has 0 saturated heterocycles. The van der Waals surface area contributed by atoms with Crippen molar-refractivity contribution in [1.82, 2.24) is 9.55 Å². The average molecular weight is 430 g/mol. The van der Waals surface area contributed by atoms with E-state index in [2.05, 4.69) is 15.6 Å². The minimum absolute atomic E-state index is 0.188. The van der Waals surface area contributed by atoms with Gasteiger partial charge in [-0.1, -0.05) is 6.07 Å². The summed E-state index contributed by atoms with van der Waals surface area (Å²) in [5.41, 5.74) is 2.10.